The molecule has 0 saturated heterocycles. The summed E-state index contributed by atoms with van der Waals surface area (Å²) >= 11 is 0. The van der Waals surface area contributed by atoms with Gasteiger partial charge >= 0.3 is 5.97 Å². The highest BCUT2D eigenvalue weighted by atomic mass is 16.5. The number of hydrogen-bond donors (Lipinski definition) is 1. The fourth-order valence-corrected chi connectivity index (χ4v) is 4.90. The molecule has 0 bridgehead atoms. The van der Waals surface area contributed by atoms with E-state index >= 15 is 0 Å². The lowest BCUT2D eigenvalue weighted by Crippen LogP contribution is -2.39. The van der Waals surface area contributed by atoms with Crippen LogP contribution in [0.3, 0.4) is 0 Å². The molecule has 1 saturated carbocycles. The maximum Gasteiger partial charge on any atom is 0.323 e. The van der Waals surface area contributed by atoms with Gasteiger partial charge in [0.15, 0.2) is 0 Å². The molecule has 1 fully saturated rings. The van der Waals surface area contributed by atoms with E-state index in [2.05, 4.69) is 33.8 Å². The number of nitrogens with zero attached hydrogens (tertiary/aromatic N) is 2. The van der Waals surface area contributed by atoms with Crippen molar-refractivity contribution in [1.82, 2.24) is 9.55 Å². The molecule has 1 aromatic heterocycles. The van der Waals surface area contributed by atoms with Gasteiger partial charge in [-0.25, -0.2) is 4.98 Å². The molecule has 4 rings (SSSR count). The maximum absolute atomic E-state index is 12.5. The molecule has 2 aromatic rings. The lowest BCUT2D eigenvalue weighted by molar-refractivity contribution is -0.148. The van der Waals surface area contributed by atoms with Gasteiger partial charge in [-0.15, -0.1) is 0 Å². The molecule has 0 amide bonds. The number of imidazole rings is 1. The Morgan fingerprint density at radius 2 is 2.00 bits per heavy atom. The molecule has 150 valence electrons. The zero-order chi connectivity index (χ0) is 19.7. The average molecular weight is 382 g/mol. The van der Waals surface area contributed by atoms with Crippen molar-refractivity contribution < 1.29 is 9.53 Å². The number of carbonyl (C=O) groups is 1. The second kappa shape index (κ2) is 8.08. The zero-order valence-electron chi connectivity index (χ0n) is 16.9. The van der Waals surface area contributed by atoms with Gasteiger partial charge < -0.3 is 15.0 Å². The van der Waals surface area contributed by atoms with Gasteiger partial charge in [0.05, 0.1) is 30.9 Å². The number of aromatic nitrogens is 2. The Hall–Kier alpha value is -2.14. The van der Waals surface area contributed by atoms with E-state index < -0.39 is 6.04 Å². The molecule has 0 radical (unpaired) electrons. The summed E-state index contributed by atoms with van der Waals surface area (Å²) in [6.45, 7) is 4.32. The lowest BCUT2D eigenvalue weighted by atomic mass is 9.75. The van der Waals surface area contributed by atoms with Gasteiger partial charge in [-0.05, 0) is 30.2 Å². The van der Waals surface area contributed by atoms with Crippen molar-refractivity contribution in [3.63, 3.8) is 0 Å². The zero-order valence-corrected chi connectivity index (χ0v) is 16.9. The van der Waals surface area contributed by atoms with Crippen LogP contribution in [-0.4, -0.2) is 28.2 Å². The summed E-state index contributed by atoms with van der Waals surface area (Å²) in [7, 11) is 0. The van der Waals surface area contributed by atoms with Crippen LogP contribution in [0.2, 0.25) is 0 Å². The van der Waals surface area contributed by atoms with Gasteiger partial charge in [0.1, 0.15) is 6.04 Å². The van der Waals surface area contributed by atoms with Gasteiger partial charge in [0.25, 0.3) is 0 Å². The summed E-state index contributed by atoms with van der Waals surface area (Å²) in [5, 5.41) is 0. The molecular weight excluding hydrogens is 350 g/mol. The minimum Gasteiger partial charge on any atom is -0.464 e. The normalized spacial score (nSPS) is 21.2. The lowest BCUT2D eigenvalue weighted by Gasteiger charge is -2.35. The van der Waals surface area contributed by atoms with Crippen LogP contribution in [0.25, 0.3) is 11.3 Å². The Kier molecular flexibility index (Phi) is 5.54. The third-order valence-electron chi connectivity index (χ3n) is 6.59. The number of ether oxygens (including phenoxy) is 1. The maximum atomic E-state index is 12.5. The van der Waals surface area contributed by atoms with E-state index in [-0.39, 0.29) is 23.8 Å². The Bertz CT molecular complexity index is 823. The number of esters is 1. The number of carbonyl (C=O) groups excluding carboxylic acids is 1. The van der Waals surface area contributed by atoms with Crippen LogP contribution in [0, 0.1) is 17.8 Å². The van der Waals surface area contributed by atoms with Crippen molar-refractivity contribution in [3.05, 3.63) is 42.4 Å². The van der Waals surface area contributed by atoms with Crippen LogP contribution in [0.15, 0.2) is 36.8 Å². The molecule has 1 aliphatic carbocycles. The third-order valence-corrected chi connectivity index (χ3v) is 6.59. The molecule has 28 heavy (non-hydrogen) atoms. The van der Waals surface area contributed by atoms with E-state index in [1.807, 2.05) is 26.4 Å². The summed E-state index contributed by atoms with van der Waals surface area (Å²) in [6, 6.07) is 8.16. The molecule has 1 aromatic carbocycles. The summed E-state index contributed by atoms with van der Waals surface area (Å²) in [5.74, 6) is 0.574. The number of fused-ring (bicyclic) bond motifs is 3. The van der Waals surface area contributed by atoms with Gasteiger partial charge in [0, 0.05) is 11.5 Å². The van der Waals surface area contributed by atoms with Gasteiger partial charge in [-0.2, -0.15) is 0 Å². The predicted octanol–water partition coefficient (Wildman–Crippen LogP) is 4.18. The van der Waals surface area contributed by atoms with Crippen molar-refractivity contribution in [2.75, 3.05) is 6.61 Å². The predicted molar refractivity (Wildman–Crippen MR) is 110 cm³/mol. The highest BCUT2D eigenvalue weighted by Crippen LogP contribution is 2.47. The van der Waals surface area contributed by atoms with Crippen molar-refractivity contribution in [3.8, 4) is 11.3 Å². The molecule has 1 aliphatic heterocycles. The van der Waals surface area contributed by atoms with Gasteiger partial charge in [0.2, 0.25) is 0 Å². The van der Waals surface area contributed by atoms with E-state index in [1.54, 1.807) is 0 Å². The van der Waals surface area contributed by atoms with Crippen LogP contribution in [0.4, 0.5) is 0 Å². The molecule has 2 N–H and O–H groups in total. The van der Waals surface area contributed by atoms with Crippen molar-refractivity contribution in [1.29, 1.82) is 0 Å². The second-order valence-electron chi connectivity index (χ2n) is 8.68. The topological polar surface area (TPSA) is 70.1 Å². The van der Waals surface area contributed by atoms with E-state index in [9.17, 15) is 4.79 Å². The molecule has 2 heterocycles. The highest BCUT2D eigenvalue weighted by Gasteiger charge is 2.39. The Morgan fingerprint density at radius 1 is 1.25 bits per heavy atom. The summed E-state index contributed by atoms with van der Waals surface area (Å²) in [6.07, 6.45) is 10.1. The first kappa shape index (κ1) is 19.2. The Balaban J connectivity index is 1.63. The average Bonchev–Trinajstić information content (AvgIpc) is 3.30. The smallest absolute Gasteiger partial charge is 0.323 e. The van der Waals surface area contributed by atoms with Gasteiger partial charge in [-0.3, -0.25) is 4.79 Å². The SMILES string of the molecule is CC(C)[C@H](N)C(=O)OCC(C1CCCCC1)C1c2ccccc2-c2cncn21. The standard InChI is InChI=1S/C23H31N3O2/c1-15(2)21(24)23(27)28-13-19(16-8-4-3-5-9-16)22-18-11-7-6-10-17(18)20-12-25-14-26(20)22/h6-7,10-12,14-16,19,21-22H,3-5,8-9,13,24H2,1-2H3/t19?,21-,22?/m0/s1. The Morgan fingerprint density at radius 3 is 2.75 bits per heavy atom. The first-order valence-electron chi connectivity index (χ1n) is 10.6. The number of nitrogens with two attached hydrogens (primary N) is 1. The first-order valence-corrected chi connectivity index (χ1v) is 10.6. The summed E-state index contributed by atoms with van der Waals surface area (Å²) in [5.41, 5.74) is 9.75. The summed E-state index contributed by atoms with van der Waals surface area (Å²) < 4.78 is 8.08. The fraction of sp³-hybridized carbons (Fsp3) is 0.565. The molecular formula is C23H31N3O2. The minimum absolute atomic E-state index is 0.0769. The Labute approximate surface area is 167 Å². The van der Waals surface area contributed by atoms with Crippen LogP contribution in [0.1, 0.15) is 57.6 Å². The van der Waals surface area contributed by atoms with Crippen LogP contribution in [-0.2, 0) is 9.53 Å². The quantitative estimate of drug-likeness (QED) is 0.762. The largest absolute Gasteiger partial charge is 0.464 e. The van der Waals surface area contributed by atoms with E-state index in [0.717, 1.165) is 5.69 Å². The van der Waals surface area contributed by atoms with Crippen LogP contribution in [0.5, 0.6) is 0 Å². The van der Waals surface area contributed by atoms with Crippen molar-refractivity contribution in [2.24, 2.45) is 23.5 Å². The molecule has 2 aliphatic rings. The first-order chi connectivity index (χ1) is 13.6. The van der Waals surface area contributed by atoms with Crippen LogP contribution >= 0.6 is 0 Å². The molecule has 3 atom stereocenters. The third kappa shape index (κ3) is 3.48. The van der Waals surface area contributed by atoms with Crippen LogP contribution < -0.4 is 5.73 Å². The summed E-state index contributed by atoms with van der Waals surface area (Å²) in [4.78, 5) is 16.9. The van der Waals surface area contributed by atoms with Gasteiger partial charge in [-0.1, -0.05) is 57.4 Å². The van der Waals surface area contributed by atoms with E-state index in [0.29, 0.717) is 12.5 Å². The van der Waals surface area contributed by atoms with Crippen molar-refractivity contribution >= 4 is 5.97 Å². The highest BCUT2D eigenvalue weighted by molar-refractivity contribution is 5.75. The second-order valence-corrected chi connectivity index (χ2v) is 8.68. The molecule has 5 nitrogen and oxygen atoms in total. The monoisotopic (exact) mass is 381 g/mol. The molecule has 5 heteroatoms. The minimum atomic E-state index is -0.563. The van der Waals surface area contributed by atoms with E-state index in [1.165, 1.54) is 43.2 Å². The molecule has 2 unspecified atom stereocenters. The number of rotatable bonds is 6. The number of benzene rings is 1. The van der Waals surface area contributed by atoms with E-state index in [4.69, 9.17) is 10.5 Å². The number of hydrogen-bond acceptors (Lipinski definition) is 4. The molecule has 0 spiro atoms. The fourth-order valence-electron chi connectivity index (χ4n) is 4.90. The van der Waals surface area contributed by atoms with Crippen molar-refractivity contribution in [2.45, 2.75) is 58.0 Å².